The first kappa shape index (κ1) is 17.6. The number of nitrogens with zero attached hydrogens (tertiary/aromatic N) is 3. The SMILES string of the molecule is CC(C)n1cnnc1CCNC(=O)C1CCCOC1c1ccccc1. The second kappa shape index (κ2) is 8.25. The molecule has 1 aliphatic heterocycles. The maximum atomic E-state index is 12.7. The molecule has 2 unspecified atom stereocenters. The molecule has 1 aliphatic rings. The Kier molecular flexibility index (Phi) is 5.81. The summed E-state index contributed by atoms with van der Waals surface area (Å²) in [6.45, 7) is 5.45. The molecule has 0 spiro atoms. The van der Waals surface area contributed by atoms with E-state index in [1.54, 1.807) is 6.33 Å². The molecule has 25 heavy (non-hydrogen) atoms. The molecular weight excluding hydrogens is 316 g/mol. The van der Waals surface area contributed by atoms with Gasteiger partial charge in [0.05, 0.1) is 12.0 Å². The normalized spacial score (nSPS) is 20.6. The van der Waals surface area contributed by atoms with Gasteiger partial charge in [-0.2, -0.15) is 0 Å². The van der Waals surface area contributed by atoms with Gasteiger partial charge >= 0.3 is 0 Å². The fourth-order valence-corrected chi connectivity index (χ4v) is 3.33. The van der Waals surface area contributed by atoms with Crippen LogP contribution in [0.5, 0.6) is 0 Å². The molecule has 134 valence electrons. The molecule has 0 aliphatic carbocycles. The lowest BCUT2D eigenvalue weighted by Crippen LogP contribution is -2.38. The van der Waals surface area contributed by atoms with Crippen LogP contribution < -0.4 is 5.32 Å². The van der Waals surface area contributed by atoms with E-state index in [9.17, 15) is 4.79 Å². The molecule has 6 nitrogen and oxygen atoms in total. The molecule has 3 rings (SSSR count). The van der Waals surface area contributed by atoms with Gasteiger partial charge in [0.25, 0.3) is 0 Å². The summed E-state index contributed by atoms with van der Waals surface area (Å²) in [4.78, 5) is 12.7. The molecule has 1 N–H and O–H groups in total. The Hall–Kier alpha value is -2.21. The Morgan fingerprint density at radius 2 is 2.16 bits per heavy atom. The third-order valence-corrected chi connectivity index (χ3v) is 4.64. The van der Waals surface area contributed by atoms with Crippen LogP contribution in [0.2, 0.25) is 0 Å². The number of hydrogen-bond acceptors (Lipinski definition) is 4. The first-order valence-corrected chi connectivity index (χ1v) is 8.99. The zero-order chi connectivity index (χ0) is 17.6. The molecule has 1 fully saturated rings. The Balaban J connectivity index is 1.58. The number of carbonyl (C=O) groups is 1. The molecule has 0 bridgehead atoms. The number of amides is 1. The van der Waals surface area contributed by atoms with Gasteiger partial charge in [0.2, 0.25) is 5.91 Å². The highest BCUT2D eigenvalue weighted by Gasteiger charge is 2.32. The van der Waals surface area contributed by atoms with Crippen LogP contribution in [-0.2, 0) is 16.0 Å². The van der Waals surface area contributed by atoms with Crippen molar-refractivity contribution >= 4 is 5.91 Å². The number of aromatic nitrogens is 3. The Labute approximate surface area is 148 Å². The molecule has 0 radical (unpaired) electrons. The van der Waals surface area contributed by atoms with Crippen molar-refractivity contribution in [1.82, 2.24) is 20.1 Å². The number of benzene rings is 1. The van der Waals surface area contributed by atoms with Crippen LogP contribution >= 0.6 is 0 Å². The minimum absolute atomic E-state index is 0.0594. The number of ether oxygens (including phenoxy) is 1. The van der Waals surface area contributed by atoms with E-state index < -0.39 is 0 Å². The second-order valence-corrected chi connectivity index (χ2v) is 6.74. The van der Waals surface area contributed by atoms with Crippen molar-refractivity contribution < 1.29 is 9.53 Å². The smallest absolute Gasteiger partial charge is 0.226 e. The summed E-state index contributed by atoms with van der Waals surface area (Å²) in [6.07, 6.45) is 4.03. The first-order chi connectivity index (χ1) is 12.2. The summed E-state index contributed by atoms with van der Waals surface area (Å²) >= 11 is 0. The maximum Gasteiger partial charge on any atom is 0.226 e. The van der Waals surface area contributed by atoms with Crippen molar-refractivity contribution in [3.63, 3.8) is 0 Å². The minimum Gasteiger partial charge on any atom is -0.373 e. The van der Waals surface area contributed by atoms with Crippen molar-refractivity contribution in [2.75, 3.05) is 13.2 Å². The van der Waals surface area contributed by atoms with Gasteiger partial charge in [-0.3, -0.25) is 4.79 Å². The monoisotopic (exact) mass is 342 g/mol. The van der Waals surface area contributed by atoms with E-state index >= 15 is 0 Å². The van der Waals surface area contributed by atoms with E-state index in [1.165, 1.54) is 0 Å². The highest BCUT2D eigenvalue weighted by Crippen LogP contribution is 2.33. The fourth-order valence-electron chi connectivity index (χ4n) is 3.33. The van der Waals surface area contributed by atoms with E-state index in [-0.39, 0.29) is 17.9 Å². The predicted molar refractivity (Wildman–Crippen MR) is 95.0 cm³/mol. The third kappa shape index (κ3) is 4.25. The van der Waals surface area contributed by atoms with Gasteiger partial charge in [-0.05, 0) is 32.3 Å². The third-order valence-electron chi connectivity index (χ3n) is 4.64. The van der Waals surface area contributed by atoms with Crippen LogP contribution in [0, 0.1) is 5.92 Å². The lowest BCUT2D eigenvalue weighted by atomic mass is 9.89. The van der Waals surface area contributed by atoms with Gasteiger partial charge in [-0.15, -0.1) is 10.2 Å². The fraction of sp³-hybridized carbons (Fsp3) is 0.526. The van der Waals surface area contributed by atoms with Gasteiger partial charge in [0.1, 0.15) is 12.2 Å². The quantitative estimate of drug-likeness (QED) is 0.876. The van der Waals surface area contributed by atoms with Gasteiger partial charge in [-0.25, -0.2) is 0 Å². The summed E-state index contributed by atoms with van der Waals surface area (Å²) in [5.74, 6) is 0.818. The average molecular weight is 342 g/mol. The minimum atomic E-state index is -0.158. The zero-order valence-corrected chi connectivity index (χ0v) is 14.9. The molecule has 1 amide bonds. The van der Waals surface area contributed by atoms with Crippen LogP contribution in [0.4, 0.5) is 0 Å². The Bertz CT molecular complexity index is 684. The van der Waals surface area contributed by atoms with Crippen molar-refractivity contribution in [1.29, 1.82) is 0 Å². The average Bonchev–Trinajstić information content (AvgIpc) is 3.11. The first-order valence-electron chi connectivity index (χ1n) is 8.99. The summed E-state index contributed by atoms with van der Waals surface area (Å²) in [5, 5.41) is 11.2. The van der Waals surface area contributed by atoms with Crippen molar-refractivity contribution in [2.24, 2.45) is 5.92 Å². The second-order valence-electron chi connectivity index (χ2n) is 6.74. The van der Waals surface area contributed by atoms with E-state index in [2.05, 4.69) is 29.4 Å². The summed E-state index contributed by atoms with van der Waals surface area (Å²) in [5.41, 5.74) is 1.07. The molecule has 2 atom stereocenters. The molecule has 1 aromatic heterocycles. The van der Waals surface area contributed by atoms with Gasteiger partial charge in [0.15, 0.2) is 0 Å². The van der Waals surface area contributed by atoms with E-state index in [0.29, 0.717) is 25.6 Å². The number of hydrogen-bond donors (Lipinski definition) is 1. The number of carbonyl (C=O) groups excluding carboxylic acids is 1. The lowest BCUT2D eigenvalue weighted by Gasteiger charge is -2.31. The summed E-state index contributed by atoms with van der Waals surface area (Å²) < 4.78 is 7.94. The molecule has 6 heteroatoms. The lowest BCUT2D eigenvalue weighted by molar-refractivity contribution is -0.134. The van der Waals surface area contributed by atoms with Crippen LogP contribution in [-0.4, -0.2) is 33.8 Å². The van der Waals surface area contributed by atoms with E-state index in [0.717, 1.165) is 24.2 Å². The number of nitrogens with one attached hydrogen (secondary N) is 1. The summed E-state index contributed by atoms with van der Waals surface area (Å²) in [7, 11) is 0. The molecule has 1 saturated heterocycles. The van der Waals surface area contributed by atoms with Crippen LogP contribution in [0.15, 0.2) is 36.7 Å². The van der Waals surface area contributed by atoms with Gasteiger partial charge < -0.3 is 14.6 Å². The van der Waals surface area contributed by atoms with Gasteiger partial charge in [-0.1, -0.05) is 30.3 Å². The van der Waals surface area contributed by atoms with Crippen molar-refractivity contribution in [3.8, 4) is 0 Å². The highest BCUT2D eigenvalue weighted by molar-refractivity contribution is 5.79. The maximum absolute atomic E-state index is 12.7. The number of rotatable bonds is 6. The van der Waals surface area contributed by atoms with Crippen molar-refractivity contribution in [2.45, 2.75) is 45.3 Å². The molecule has 2 aromatic rings. The zero-order valence-electron chi connectivity index (χ0n) is 14.9. The molecule has 0 saturated carbocycles. The van der Waals surface area contributed by atoms with E-state index in [4.69, 9.17) is 4.74 Å². The largest absolute Gasteiger partial charge is 0.373 e. The van der Waals surface area contributed by atoms with Crippen molar-refractivity contribution in [3.05, 3.63) is 48.0 Å². The van der Waals surface area contributed by atoms with E-state index in [1.807, 2.05) is 34.9 Å². The highest BCUT2D eigenvalue weighted by atomic mass is 16.5. The molecule has 1 aromatic carbocycles. The predicted octanol–water partition coefficient (Wildman–Crippen LogP) is 2.69. The van der Waals surface area contributed by atoms with Gasteiger partial charge in [0, 0.05) is 25.6 Å². The van der Waals surface area contributed by atoms with Crippen LogP contribution in [0.3, 0.4) is 0 Å². The Morgan fingerprint density at radius 1 is 1.36 bits per heavy atom. The molecule has 2 heterocycles. The Morgan fingerprint density at radius 3 is 2.92 bits per heavy atom. The summed E-state index contributed by atoms with van der Waals surface area (Å²) in [6, 6.07) is 10.3. The molecular formula is C19H26N4O2. The van der Waals surface area contributed by atoms with Crippen LogP contribution in [0.25, 0.3) is 0 Å². The topological polar surface area (TPSA) is 69.0 Å². The van der Waals surface area contributed by atoms with Crippen LogP contribution in [0.1, 0.15) is 50.2 Å². The standard InChI is InChI=1S/C19H26N4O2/c1-14(2)23-13-21-22-17(23)10-11-20-19(24)16-9-6-12-25-18(16)15-7-4-3-5-8-15/h3-5,7-8,13-14,16,18H,6,9-12H2,1-2H3,(H,20,24).